The minimum atomic E-state index is 0.120. The van der Waals surface area contributed by atoms with Crippen LogP contribution in [0, 0.1) is 12.8 Å². The quantitative estimate of drug-likeness (QED) is 0.791. The molecular formula is C19H30N4O3. The van der Waals surface area contributed by atoms with Crippen molar-refractivity contribution in [1.29, 1.82) is 0 Å². The van der Waals surface area contributed by atoms with Crippen LogP contribution >= 0.6 is 0 Å². The average Bonchev–Trinajstić information content (AvgIpc) is 2.61. The number of aryl methyl sites for hydroxylation is 1. The molecule has 1 amide bonds. The Hall–Kier alpha value is -1.73. The molecule has 0 aliphatic carbocycles. The van der Waals surface area contributed by atoms with E-state index in [1.165, 1.54) is 0 Å². The van der Waals surface area contributed by atoms with Gasteiger partial charge in [-0.05, 0) is 52.6 Å². The monoisotopic (exact) mass is 362 g/mol. The standard InChI is InChI=1S/C19H30N4O3/c1-14-10-23(11-15(2)26-14)18(24)12-22-8-4-17(5-9-22)13-25-19-16(3)20-6-7-21-19/h6-7,14-15,17H,4-5,8-13H2,1-3H3. The maximum absolute atomic E-state index is 12.6. The molecule has 2 unspecified atom stereocenters. The van der Waals surface area contributed by atoms with E-state index in [1.807, 2.05) is 25.7 Å². The smallest absolute Gasteiger partial charge is 0.236 e. The number of carbonyl (C=O) groups excluding carboxylic acids is 1. The van der Waals surface area contributed by atoms with E-state index in [0.717, 1.165) is 31.6 Å². The van der Waals surface area contributed by atoms with Crippen LogP contribution in [-0.2, 0) is 9.53 Å². The Morgan fingerprint density at radius 1 is 1.19 bits per heavy atom. The zero-order chi connectivity index (χ0) is 18.5. The van der Waals surface area contributed by atoms with E-state index in [0.29, 0.717) is 38.0 Å². The fourth-order valence-corrected chi connectivity index (χ4v) is 3.72. The fraction of sp³-hybridized carbons (Fsp3) is 0.737. The van der Waals surface area contributed by atoms with Gasteiger partial charge in [0.05, 0.1) is 31.1 Å². The van der Waals surface area contributed by atoms with Gasteiger partial charge in [0.2, 0.25) is 11.8 Å². The van der Waals surface area contributed by atoms with Crippen molar-refractivity contribution in [2.75, 3.05) is 39.3 Å². The van der Waals surface area contributed by atoms with Gasteiger partial charge in [0.25, 0.3) is 0 Å². The minimum Gasteiger partial charge on any atom is -0.476 e. The predicted octanol–water partition coefficient (Wildman–Crippen LogP) is 1.51. The normalized spacial score (nSPS) is 25.3. The number of likely N-dealkylation sites (tertiary alicyclic amines) is 1. The summed E-state index contributed by atoms with van der Waals surface area (Å²) in [5.41, 5.74) is 0.824. The van der Waals surface area contributed by atoms with Crippen LogP contribution in [0.3, 0.4) is 0 Å². The molecule has 2 atom stereocenters. The molecule has 0 bridgehead atoms. The highest BCUT2D eigenvalue weighted by Crippen LogP contribution is 2.20. The molecular weight excluding hydrogens is 332 g/mol. The lowest BCUT2D eigenvalue weighted by molar-refractivity contribution is -0.144. The topological polar surface area (TPSA) is 67.8 Å². The van der Waals surface area contributed by atoms with Crippen LogP contribution in [0.25, 0.3) is 0 Å². The Kier molecular flexibility index (Phi) is 6.43. The third-order valence-corrected chi connectivity index (χ3v) is 5.13. The average molecular weight is 362 g/mol. The molecule has 1 aromatic heterocycles. The van der Waals surface area contributed by atoms with Gasteiger partial charge < -0.3 is 14.4 Å². The van der Waals surface area contributed by atoms with Crippen molar-refractivity contribution >= 4 is 5.91 Å². The van der Waals surface area contributed by atoms with E-state index >= 15 is 0 Å². The SMILES string of the molecule is Cc1nccnc1OCC1CCN(CC(=O)N2CC(C)OC(C)C2)CC1. The molecule has 0 saturated carbocycles. The van der Waals surface area contributed by atoms with Crippen molar-refractivity contribution in [3.63, 3.8) is 0 Å². The first-order chi connectivity index (χ1) is 12.5. The summed E-state index contributed by atoms with van der Waals surface area (Å²) < 4.78 is 11.5. The number of carbonyl (C=O) groups is 1. The maximum Gasteiger partial charge on any atom is 0.236 e. The van der Waals surface area contributed by atoms with Crippen LogP contribution in [0.1, 0.15) is 32.4 Å². The number of rotatable bonds is 5. The number of ether oxygens (including phenoxy) is 2. The van der Waals surface area contributed by atoms with E-state index in [2.05, 4.69) is 14.9 Å². The van der Waals surface area contributed by atoms with Crippen molar-refractivity contribution in [2.24, 2.45) is 5.92 Å². The first kappa shape index (κ1) is 19.0. The van der Waals surface area contributed by atoms with Crippen molar-refractivity contribution in [3.05, 3.63) is 18.1 Å². The zero-order valence-electron chi connectivity index (χ0n) is 16.1. The van der Waals surface area contributed by atoms with Crippen molar-refractivity contribution in [2.45, 2.75) is 45.8 Å². The van der Waals surface area contributed by atoms with Crippen molar-refractivity contribution in [3.8, 4) is 5.88 Å². The molecule has 7 heteroatoms. The second-order valence-electron chi connectivity index (χ2n) is 7.53. The van der Waals surface area contributed by atoms with Gasteiger partial charge >= 0.3 is 0 Å². The first-order valence-corrected chi connectivity index (χ1v) is 9.57. The van der Waals surface area contributed by atoms with Crippen LogP contribution < -0.4 is 4.74 Å². The Balaban J connectivity index is 1.39. The highest BCUT2D eigenvalue weighted by atomic mass is 16.5. The number of piperidine rings is 1. The number of amides is 1. The maximum atomic E-state index is 12.6. The second-order valence-corrected chi connectivity index (χ2v) is 7.53. The van der Waals surface area contributed by atoms with Crippen LogP contribution in [0.15, 0.2) is 12.4 Å². The number of hydrogen-bond acceptors (Lipinski definition) is 6. The summed E-state index contributed by atoms with van der Waals surface area (Å²) >= 11 is 0. The Bertz CT molecular complexity index is 594. The third kappa shape index (κ3) is 5.14. The predicted molar refractivity (Wildman–Crippen MR) is 98.0 cm³/mol. The highest BCUT2D eigenvalue weighted by molar-refractivity contribution is 5.78. The summed E-state index contributed by atoms with van der Waals surface area (Å²) in [6.45, 7) is 10.4. The van der Waals surface area contributed by atoms with Crippen LogP contribution in [0.4, 0.5) is 0 Å². The molecule has 26 heavy (non-hydrogen) atoms. The number of aromatic nitrogens is 2. The third-order valence-electron chi connectivity index (χ3n) is 5.13. The van der Waals surface area contributed by atoms with E-state index in [9.17, 15) is 4.79 Å². The molecule has 0 N–H and O–H groups in total. The second kappa shape index (κ2) is 8.77. The van der Waals surface area contributed by atoms with Gasteiger partial charge in [0.1, 0.15) is 0 Å². The summed E-state index contributed by atoms with van der Waals surface area (Å²) in [6.07, 6.45) is 5.66. The summed E-state index contributed by atoms with van der Waals surface area (Å²) in [4.78, 5) is 25.2. The molecule has 0 radical (unpaired) electrons. The number of morpholine rings is 1. The van der Waals surface area contributed by atoms with Gasteiger partial charge in [-0.2, -0.15) is 0 Å². The summed E-state index contributed by atoms with van der Waals surface area (Å²) in [5, 5.41) is 0. The fourth-order valence-electron chi connectivity index (χ4n) is 3.72. The summed E-state index contributed by atoms with van der Waals surface area (Å²) in [5.74, 6) is 1.35. The molecule has 2 aliphatic rings. The Labute approximate surface area is 155 Å². The van der Waals surface area contributed by atoms with Gasteiger partial charge in [0.15, 0.2) is 0 Å². The van der Waals surface area contributed by atoms with Crippen LogP contribution in [-0.4, -0.2) is 77.2 Å². The van der Waals surface area contributed by atoms with E-state index in [4.69, 9.17) is 9.47 Å². The van der Waals surface area contributed by atoms with E-state index < -0.39 is 0 Å². The largest absolute Gasteiger partial charge is 0.476 e. The van der Waals surface area contributed by atoms with Crippen LogP contribution in [0.5, 0.6) is 5.88 Å². The molecule has 3 heterocycles. The van der Waals surface area contributed by atoms with Gasteiger partial charge in [-0.25, -0.2) is 4.98 Å². The number of nitrogens with zero attached hydrogens (tertiary/aromatic N) is 4. The van der Waals surface area contributed by atoms with E-state index in [1.54, 1.807) is 12.4 Å². The first-order valence-electron chi connectivity index (χ1n) is 9.57. The minimum absolute atomic E-state index is 0.120. The molecule has 1 aromatic rings. The summed E-state index contributed by atoms with van der Waals surface area (Å²) in [6, 6.07) is 0. The highest BCUT2D eigenvalue weighted by Gasteiger charge is 2.28. The van der Waals surface area contributed by atoms with Crippen molar-refractivity contribution < 1.29 is 14.3 Å². The van der Waals surface area contributed by atoms with Gasteiger partial charge in [-0.15, -0.1) is 0 Å². The van der Waals surface area contributed by atoms with Gasteiger partial charge in [-0.3, -0.25) is 14.7 Å². The van der Waals surface area contributed by atoms with Gasteiger partial charge in [-0.1, -0.05) is 0 Å². The molecule has 2 fully saturated rings. The molecule has 2 aliphatic heterocycles. The van der Waals surface area contributed by atoms with Gasteiger partial charge in [0, 0.05) is 25.5 Å². The molecule has 0 spiro atoms. The molecule has 3 rings (SSSR count). The Morgan fingerprint density at radius 3 is 2.50 bits per heavy atom. The zero-order valence-corrected chi connectivity index (χ0v) is 16.1. The van der Waals surface area contributed by atoms with Crippen molar-refractivity contribution in [1.82, 2.24) is 19.8 Å². The lowest BCUT2D eigenvalue weighted by Crippen LogP contribution is -2.51. The molecule has 2 saturated heterocycles. The molecule has 144 valence electrons. The number of hydrogen-bond donors (Lipinski definition) is 0. The van der Waals surface area contributed by atoms with Crippen LogP contribution in [0.2, 0.25) is 0 Å². The molecule has 0 aromatic carbocycles. The molecule has 7 nitrogen and oxygen atoms in total. The lowest BCUT2D eigenvalue weighted by Gasteiger charge is -2.37. The van der Waals surface area contributed by atoms with E-state index in [-0.39, 0.29) is 18.1 Å². The Morgan fingerprint density at radius 2 is 1.85 bits per heavy atom. The lowest BCUT2D eigenvalue weighted by atomic mass is 9.98. The summed E-state index contributed by atoms with van der Waals surface area (Å²) in [7, 11) is 0.